The van der Waals surface area contributed by atoms with Gasteiger partial charge in [-0.2, -0.15) is 13.2 Å². The lowest BCUT2D eigenvalue weighted by atomic mass is 10.1. The highest BCUT2D eigenvalue weighted by molar-refractivity contribution is 6.29. The monoisotopic (exact) mass is 338 g/mol. The van der Waals surface area contributed by atoms with E-state index in [2.05, 4.69) is 4.98 Å². The highest BCUT2D eigenvalue weighted by Crippen LogP contribution is 2.32. The van der Waals surface area contributed by atoms with E-state index in [1.165, 1.54) is 24.3 Å². The molecule has 0 unspecified atom stereocenters. The Labute approximate surface area is 134 Å². The molecule has 7 heteroatoms. The zero-order chi connectivity index (χ0) is 16.6. The maximum absolute atomic E-state index is 12.6. The number of phenolic OH excluding ortho intramolecular Hbond substituents is 1. The molecule has 3 rings (SSSR count). The lowest BCUT2D eigenvalue weighted by Crippen LogP contribution is -2.04. The highest BCUT2D eigenvalue weighted by Gasteiger charge is 2.30. The fraction of sp³-hybridized carbons (Fsp3) is 0.0625. The molecule has 23 heavy (non-hydrogen) atoms. The van der Waals surface area contributed by atoms with E-state index in [9.17, 15) is 18.3 Å². The van der Waals surface area contributed by atoms with Crippen LogP contribution in [0.15, 0.2) is 54.7 Å². The summed E-state index contributed by atoms with van der Waals surface area (Å²) in [6.07, 6.45) is -2.83. The normalized spacial score (nSPS) is 11.7. The smallest absolute Gasteiger partial charge is 0.416 e. The summed E-state index contributed by atoms with van der Waals surface area (Å²) in [5, 5.41) is 9.56. The number of alkyl halides is 3. The molecule has 1 aromatic heterocycles. The fourth-order valence-corrected chi connectivity index (χ4v) is 2.35. The Hall–Kier alpha value is -2.47. The molecule has 0 saturated carbocycles. The molecular weight excluding hydrogens is 329 g/mol. The number of nitrogens with zero attached hydrogens (tertiary/aromatic N) is 2. The molecule has 3 nitrogen and oxygen atoms in total. The highest BCUT2D eigenvalue weighted by atomic mass is 35.5. The molecule has 0 aliphatic heterocycles. The zero-order valence-corrected chi connectivity index (χ0v) is 12.3. The van der Waals surface area contributed by atoms with Gasteiger partial charge in [0.15, 0.2) is 0 Å². The molecular formula is C16H10ClF3N2O. The molecule has 1 N–H and O–H groups in total. The first-order valence-corrected chi connectivity index (χ1v) is 6.94. The SMILES string of the molecule is Oc1ccc(-n2cc(Cl)nc2-c2ccc(C(F)(F)F)cc2)cc1. The van der Waals surface area contributed by atoms with E-state index < -0.39 is 11.7 Å². The van der Waals surface area contributed by atoms with Crippen LogP contribution in [0.1, 0.15) is 5.56 Å². The summed E-state index contributed by atoms with van der Waals surface area (Å²) in [4.78, 5) is 4.16. The molecule has 1 heterocycles. The van der Waals surface area contributed by atoms with Crippen molar-refractivity contribution in [2.45, 2.75) is 6.18 Å². The topological polar surface area (TPSA) is 38.0 Å². The molecule has 0 fully saturated rings. The van der Waals surface area contributed by atoms with Crippen LogP contribution in [0, 0.1) is 0 Å². The van der Waals surface area contributed by atoms with E-state index in [0.29, 0.717) is 17.1 Å². The lowest BCUT2D eigenvalue weighted by Gasteiger charge is -2.10. The summed E-state index contributed by atoms with van der Waals surface area (Å²) < 4.78 is 39.6. The van der Waals surface area contributed by atoms with Crippen molar-refractivity contribution in [3.05, 3.63) is 65.4 Å². The van der Waals surface area contributed by atoms with Crippen LogP contribution in [0.5, 0.6) is 5.75 Å². The number of benzene rings is 2. The Balaban J connectivity index is 2.05. The van der Waals surface area contributed by atoms with E-state index in [-0.39, 0.29) is 10.9 Å². The van der Waals surface area contributed by atoms with E-state index in [0.717, 1.165) is 12.1 Å². The van der Waals surface area contributed by atoms with E-state index in [1.807, 2.05) is 0 Å². The van der Waals surface area contributed by atoms with Gasteiger partial charge in [0.1, 0.15) is 16.7 Å². The molecule has 3 aromatic rings. The quantitative estimate of drug-likeness (QED) is 0.720. The van der Waals surface area contributed by atoms with Crippen molar-refractivity contribution in [1.29, 1.82) is 0 Å². The summed E-state index contributed by atoms with van der Waals surface area (Å²) in [6.45, 7) is 0. The van der Waals surface area contributed by atoms with Gasteiger partial charge in [0, 0.05) is 17.4 Å². The molecule has 0 aliphatic rings. The minimum atomic E-state index is -4.39. The summed E-state index contributed by atoms with van der Waals surface area (Å²) in [7, 11) is 0. The molecule has 2 aromatic carbocycles. The number of imidazole rings is 1. The molecule has 0 aliphatic carbocycles. The van der Waals surface area contributed by atoms with Crippen LogP contribution in [0.3, 0.4) is 0 Å². The molecule has 118 valence electrons. The molecule has 0 bridgehead atoms. The van der Waals surface area contributed by atoms with Gasteiger partial charge in [0.2, 0.25) is 0 Å². The van der Waals surface area contributed by atoms with Gasteiger partial charge in [-0.25, -0.2) is 4.98 Å². The second-order valence-electron chi connectivity index (χ2n) is 4.85. The van der Waals surface area contributed by atoms with Gasteiger partial charge in [0.25, 0.3) is 0 Å². The third-order valence-electron chi connectivity index (χ3n) is 3.27. The van der Waals surface area contributed by atoms with Crippen molar-refractivity contribution in [1.82, 2.24) is 9.55 Å². The largest absolute Gasteiger partial charge is 0.508 e. The number of aromatic nitrogens is 2. The number of rotatable bonds is 2. The minimum Gasteiger partial charge on any atom is -0.508 e. The van der Waals surface area contributed by atoms with Crippen LogP contribution in [-0.2, 0) is 6.18 Å². The van der Waals surface area contributed by atoms with Crippen molar-refractivity contribution in [2.75, 3.05) is 0 Å². The molecule has 0 atom stereocenters. The Morgan fingerprint density at radius 2 is 1.57 bits per heavy atom. The third-order valence-corrected chi connectivity index (χ3v) is 3.46. The third kappa shape index (κ3) is 3.17. The first-order valence-electron chi connectivity index (χ1n) is 6.56. The average molecular weight is 339 g/mol. The standard InChI is InChI=1S/C16H10ClF3N2O/c17-14-9-22(12-5-7-13(23)8-6-12)15(21-14)10-1-3-11(4-2-10)16(18,19)20/h1-9,23H. The van der Waals surface area contributed by atoms with Gasteiger partial charge in [-0.1, -0.05) is 23.7 Å². The summed E-state index contributed by atoms with van der Waals surface area (Å²) in [6, 6.07) is 11.0. The lowest BCUT2D eigenvalue weighted by molar-refractivity contribution is -0.137. The Kier molecular flexibility index (Phi) is 3.77. The number of halogens is 4. The predicted octanol–water partition coefficient (Wildman–Crippen LogP) is 4.92. The molecule has 0 saturated heterocycles. The van der Waals surface area contributed by atoms with E-state index in [4.69, 9.17) is 11.6 Å². The first kappa shape index (κ1) is 15.4. The maximum Gasteiger partial charge on any atom is 0.416 e. The van der Waals surface area contributed by atoms with E-state index >= 15 is 0 Å². The first-order chi connectivity index (χ1) is 10.8. The molecule has 0 amide bonds. The van der Waals surface area contributed by atoms with Gasteiger partial charge >= 0.3 is 6.18 Å². The van der Waals surface area contributed by atoms with Crippen LogP contribution in [0.25, 0.3) is 17.1 Å². The second-order valence-corrected chi connectivity index (χ2v) is 5.24. The van der Waals surface area contributed by atoms with Gasteiger partial charge in [0.05, 0.1) is 5.56 Å². The van der Waals surface area contributed by atoms with Crippen LogP contribution < -0.4 is 0 Å². The minimum absolute atomic E-state index is 0.107. The Bertz CT molecular complexity index is 824. The summed E-state index contributed by atoms with van der Waals surface area (Å²) >= 11 is 5.94. The van der Waals surface area contributed by atoms with Crippen LogP contribution in [-0.4, -0.2) is 14.7 Å². The van der Waals surface area contributed by atoms with Gasteiger partial charge in [-0.05, 0) is 36.4 Å². The number of aromatic hydroxyl groups is 1. The van der Waals surface area contributed by atoms with Crippen molar-refractivity contribution < 1.29 is 18.3 Å². The van der Waals surface area contributed by atoms with Crippen molar-refractivity contribution >= 4 is 11.6 Å². The van der Waals surface area contributed by atoms with Crippen LogP contribution in [0.2, 0.25) is 5.15 Å². The number of hydrogen-bond acceptors (Lipinski definition) is 2. The maximum atomic E-state index is 12.6. The molecule has 0 spiro atoms. The zero-order valence-electron chi connectivity index (χ0n) is 11.5. The summed E-state index contributed by atoms with van der Waals surface area (Å²) in [5.41, 5.74) is 0.449. The Morgan fingerprint density at radius 3 is 2.13 bits per heavy atom. The van der Waals surface area contributed by atoms with Crippen molar-refractivity contribution in [3.8, 4) is 22.8 Å². The fourth-order valence-electron chi connectivity index (χ4n) is 2.17. The van der Waals surface area contributed by atoms with Crippen molar-refractivity contribution in [3.63, 3.8) is 0 Å². The second kappa shape index (κ2) is 5.62. The molecule has 0 radical (unpaired) electrons. The number of phenols is 1. The average Bonchev–Trinajstić information content (AvgIpc) is 2.89. The van der Waals surface area contributed by atoms with Crippen LogP contribution >= 0.6 is 11.6 Å². The van der Waals surface area contributed by atoms with Crippen LogP contribution in [0.4, 0.5) is 13.2 Å². The van der Waals surface area contributed by atoms with Gasteiger partial charge in [-0.3, -0.25) is 4.57 Å². The van der Waals surface area contributed by atoms with Gasteiger partial charge < -0.3 is 5.11 Å². The van der Waals surface area contributed by atoms with Gasteiger partial charge in [-0.15, -0.1) is 0 Å². The predicted molar refractivity (Wildman–Crippen MR) is 80.7 cm³/mol. The number of hydrogen-bond donors (Lipinski definition) is 1. The summed E-state index contributed by atoms with van der Waals surface area (Å²) in [5.74, 6) is 0.519. The Morgan fingerprint density at radius 1 is 0.957 bits per heavy atom. The van der Waals surface area contributed by atoms with E-state index in [1.54, 1.807) is 22.9 Å². The van der Waals surface area contributed by atoms with Crippen molar-refractivity contribution in [2.24, 2.45) is 0 Å².